The molecule has 18 heavy (non-hydrogen) atoms. The molecule has 96 valence electrons. The lowest BCUT2D eigenvalue weighted by Gasteiger charge is -2.27. The highest BCUT2D eigenvalue weighted by atomic mass is 15.1. The highest BCUT2D eigenvalue weighted by molar-refractivity contribution is 5.98. The number of rotatable bonds is 4. The van der Waals surface area contributed by atoms with Crippen LogP contribution in [0.3, 0.4) is 0 Å². The maximum Gasteiger partial charge on any atom is 0.0955 e. The Morgan fingerprint density at radius 2 is 2.11 bits per heavy atom. The predicted molar refractivity (Wildman–Crippen MR) is 78.9 cm³/mol. The van der Waals surface area contributed by atoms with Crippen molar-refractivity contribution in [1.29, 1.82) is 0 Å². The average molecular weight is 243 g/mol. The number of nitrogens with zero attached hydrogens (tertiary/aromatic N) is 2. The van der Waals surface area contributed by atoms with Crippen LogP contribution in [0.15, 0.2) is 30.5 Å². The molecular formula is C15H21N3. The molecule has 0 saturated carbocycles. The summed E-state index contributed by atoms with van der Waals surface area (Å²) in [6, 6.07) is 8.49. The lowest BCUT2D eigenvalue weighted by atomic mass is 10.1. The topological polar surface area (TPSA) is 42.1 Å². The second-order valence-electron chi connectivity index (χ2n) is 4.82. The fraction of sp³-hybridized carbons (Fsp3) is 0.400. The zero-order valence-corrected chi connectivity index (χ0v) is 11.4. The number of nitrogens with two attached hydrogens (primary N) is 1. The van der Waals surface area contributed by atoms with E-state index in [4.69, 9.17) is 5.73 Å². The Labute approximate surface area is 109 Å². The van der Waals surface area contributed by atoms with Crippen molar-refractivity contribution in [1.82, 2.24) is 4.98 Å². The number of aromatic nitrogens is 1. The predicted octanol–water partition coefficient (Wildman–Crippen LogP) is 3.44. The van der Waals surface area contributed by atoms with Gasteiger partial charge in [-0.05, 0) is 37.6 Å². The van der Waals surface area contributed by atoms with Crippen LogP contribution in [0, 0.1) is 0 Å². The third kappa shape index (κ3) is 2.26. The zero-order chi connectivity index (χ0) is 13.1. The second kappa shape index (κ2) is 5.25. The van der Waals surface area contributed by atoms with E-state index in [0.717, 1.165) is 22.3 Å². The first-order valence-corrected chi connectivity index (χ1v) is 6.51. The van der Waals surface area contributed by atoms with Gasteiger partial charge in [-0.1, -0.05) is 13.3 Å². The fourth-order valence-electron chi connectivity index (χ4n) is 2.31. The van der Waals surface area contributed by atoms with E-state index in [1.807, 2.05) is 24.4 Å². The van der Waals surface area contributed by atoms with Crippen molar-refractivity contribution in [3.63, 3.8) is 0 Å². The molecule has 0 radical (unpaired) electrons. The van der Waals surface area contributed by atoms with Crippen molar-refractivity contribution in [2.24, 2.45) is 0 Å². The summed E-state index contributed by atoms with van der Waals surface area (Å²) >= 11 is 0. The van der Waals surface area contributed by atoms with Crippen LogP contribution in [-0.4, -0.2) is 18.1 Å². The van der Waals surface area contributed by atoms with Gasteiger partial charge >= 0.3 is 0 Å². The van der Waals surface area contributed by atoms with E-state index in [2.05, 4.69) is 36.8 Å². The molecule has 0 bridgehead atoms. The van der Waals surface area contributed by atoms with Gasteiger partial charge in [0.2, 0.25) is 0 Å². The molecule has 0 saturated heterocycles. The maximum atomic E-state index is 6.00. The lowest BCUT2D eigenvalue weighted by molar-refractivity contribution is 0.617. The molecule has 2 aromatic rings. The number of anilines is 2. The van der Waals surface area contributed by atoms with Gasteiger partial charge < -0.3 is 10.6 Å². The second-order valence-corrected chi connectivity index (χ2v) is 4.82. The number of benzene rings is 1. The van der Waals surface area contributed by atoms with Crippen LogP contribution in [0.5, 0.6) is 0 Å². The number of fused-ring (bicyclic) bond motifs is 1. The molecule has 1 aromatic carbocycles. The van der Waals surface area contributed by atoms with Crippen molar-refractivity contribution in [3.05, 3.63) is 30.5 Å². The van der Waals surface area contributed by atoms with Crippen LogP contribution in [0.1, 0.15) is 26.7 Å². The van der Waals surface area contributed by atoms with Crippen LogP contribution in [-0.2, 0) is 0 Å². The summed E-state index contributed by atoms with van der Waals surface area (Å²) in [6.45, 7) is 4.46. The molecule has 2 N–H and O–H groups in total. The summed E-state index contributed by atoms with van der Waals surface area (Å²) in [5.74, 6) is 0. The number of pyridine rings is 1. The molecule has 3 heteroatoms. The summed E-state index contributed by atoms with van der Waals surface area (Å²) in [5.41, 5.74) is 8.93. The fourth-order valence-corrected chi connectivity index (χ4v) is 2.31. The van der Waals surface area contributed by atoms with E-state index < -0.39 is 0 Å². The molecule has 3 nitrogen and oxygen atoms in total. The van der Waals surface area contributed by atoms with Crippen molar-refractivity contribution < 1.29 is 0 Å². The Morgan fingerprint density at radius 1 is 1.33 bits per heavy atom. The minimum atomic E-state index is 0.504. The first-order chi connectivity index (χ1) is 8.65. The first kappa shape index (κ1) is 12.7. The van der Waals surface area contributed by atoms with Crippen LogP contribution >= 0.6 is 0 Å². The lowest BCUT2D eigenvalue weighted by Crippen LogP contribution is -2.28. The zero-order valence-electron chi connectivity index (χ0n) is 11.4. The Hall–Kier alpha value is -1.77. The van der Waals surface area contributed by atoms with Crippen molar-refractivity contribution in [2.75, 3.05) is 17.7 Å². The van der Waals surface area contributed by atoms with Crippen LogP contribution in [0.2, 0.25) is 0 Å². The van der Waals surface area contributed by atoms with Gasteiger partial charge in [-0.15, -0.1) is 0 Å². The van der Waals surface area contributed by atoms with Gasteiger partial charge in [0.15, 0.2) is 0 Å². The van der Waals surface area contributed by atoms with Crippen molar-refractivity contribution in [2.45, 2.75) is 32.7 Å². The molecule has 1 atom stereocenters. The van der Waals surface area contributed by atoms with Crippen LogP contribution < -0.4 is 10.6 Å². The highest BCUT2D eigenvalue weighted by Crippen LogP contribution is 2.29. The average Bonchev–Trinajstić information content (AvgIpc) is 2.39. The Balaban J connectivity index is 2.48. The molecule has 1 unspecified atom stereocenters. The number of nitrogen functional groups attached to an aromatic ring is 1. The third-order valence-corrected chi connectivity index (χ3v) is 3.53. The maximum absolute atomic E-state index is 6.00. The van der Waals surface area contributed by atoms with Gasteiger partial charge in [0, 0.05) is 30.4 Å². The quantitative estimate of drug-likeness (QED) is 0.836. The largest absolute Gasteiger partial charge is 0.398 e. The first-order valence-electron chi connectivity index (χ1n) is 6.51. The van der Waals surface area contributed by atoms with Gasteiger partial charge in [0.05, 0.1) is 11.2 Å². The molecule has 0 aliphatic carbocycles. The number of hydrogen-bond acceptors (Lipinski definition) is 3. The smallest absolute Gasteiger partial charge is 0.0955 e. The van der Waals surface area contributed by atoms with Crippen LogP contribution in [0.4, 0.5) is 11.4 Å². The standard InChI is InChI=1S/C15H21N3/c1-4-6-11(2)18(3)14-9-8-13(16)12-7-5-10-17-15(12)14/h5,7-11H,4,6,16H2,1-3H3. The Bertz CT molecular complexity index is 536. The summed E-state index contributed by atoms with van der Waals surface area (Å²) in [5, 5.41) is 1.03. The molecule has 2 rings (SSSR count). The normalized spacial score (nSPS) is 12.6. The summed E-state index contributed by atoms with van der Waals surface area (Å²) in [6.07, 6.45) is 4.19. The minimum Gasteiger partial charge on any atom is -0.398 e. The van der Waals surface area contributed by atoms with Gasteiger partial charge in [-0.25, -0.2) is 0 Å². The van der Waals surface area contributed by atoms with E-state index >= 15 is 0 Å². The third-order valence-electron chi connectivity index (χ3n) is 3.53. The monoisotopic (exact) mass is 243 g/mol. The van der Waals surface area contributed by atoms with Gasteiger partial charge in [-0.3, -0.25) is 4.98 Å². The van der Waals surface area contributed by atoms with E-state index in [1.165, 1.54) is 12.8 Å². The molecule has 0 spiro atoms. The molecule has 1 aromatic heterocycles. The van der Waals surface area contributed by atoms with Gasteiger partial charge in [0.25, 0.3) is 0 Å². The summed E-state index contributed by atoms with van der Waals surface area (Å²) in [4.78, 5) is 6.77. The number of hydrogen-bond donors (Lipinski definition) is 1. The molecule has 0 aliphatic heterocycles. The minimum absolute atomic E-state index is 0.504. The summed E-state index contributed by atoms with van der Waals surface area (Å²) in [7, 11) is 2.12. The van der Waals surface area contributed by atoms with Gasteiger partial charge in [-0.2, -0.15) is 0 Å². The Kier molecular flexibility index (Phi) is 3.70. The summed E-state index contributed by atoms with van der Waals surface area (Å²) < 4.78 is 0. The molecular weight excluding hydrogens is 222 g/mol. The highest BCUT2D eigenvalue weighted by Gasteiger charge is 2.13. The van der Waals surface area contributed by atoms with Crippen molar-refractivity contribution in [3.8, 4) is 0 Å². The van der Waals surface area contributed by atoms with Gasteiger partial charge in [0.1, 0.15) is 0 Å². The Morgan fingerprint density at radius 3 is 2.83 bits per heavy atom. The van der Waals surface area contributed by atoms with Crippen LogP contribution in [0.25, 0.3) is 10.9 Å². The molecule has 0 aliphatic rings. The molecule has 0 fully saturated rings. The SMILES string of the molecule is CCCC(C)N(C)c1ccc(N)c2cccnc12. The van der Waals surface area contributed by atoms with E-state index in [1.54, 1.807) is 0 Å². The molecule has 0 amide bonds. The van der Waals surface area contributed by atoms with E-state index in [9.17, 15) is 0 Å². The van der Waals surface area contributed by atoms with Crippen molar-refractivity contribution >= 4 is 22.3 Å². The van der Waals surface area contributed by atoms with E-state index in [0.29, 0.717) is 6.04 Å². The van der Waals surface area contributed by atoms with E-state index in [-0.39, 0.29) is 0 Å². The molecule has 1 heterocycles.